The Morgan fingerprint density at radius 2 is 1.89 bits per heavy atom. The van der Waals surface area contributed by atoms with E-state index in [4.69, 9.17) is 4.74 Å². The standard InChI is InChI=1S/C19H17F3N2O4/c1-11-12(19(20,21)22)7-8-13-15(11)16(23-9-5-4-6-14(23)26)17(24(27)10-25)18(2,3)28-13/h4-10,27H,1-3H3. The third-order valence-electron chi connectivity index (χ3n) is 4.52. The summed E-state index contributed by atoms with van der Waals surface area (Å²) in [5.74, 6) is 0.101. The van der Waals surface area contributed by atoms with E-state index >= 15 is 0 Å². The van der Waals surface area contributed by atoms with Crippen LogP contribution in [0.25, 0.3) is 5.70 Å². The smallest absolute Gasteiger partial charge is 0.416 e. The Morgan fingerprint density at radius 3 is 2.46 bits per heavy atom. The molecule has 0 radical (unpaired) electrons. The molecule has 0 bridgehead atoms. The number of rotatable bonds is 3. The van der Waals surface area contributed by atoms with Crippen LogP contribution in [-0.4, -0.2) is 26.8 Å². The van der Waals surface area contributed by atoms with Crippen molar-refractivity contribution in [1.82, 2.24) is 9.63 Å². The molecule has 1 N–H and O–H groups in total. The molecule has 1 aliphatic rings. The van der Waals surface area contributed by atoms with Crippen LogP contribution in [0.2, 0.25) is 0 Å². The summed E-state index contributed by atoms with van der Waals surface area (Å²) in [6.45, 7) is 4.30. The average molecular weight is 394 g/mol. The Kier molecular flexibility index (Phi) is 4.58. The molecule has 1 aliphatic heterocycles. The number of aromatic nitrogens is 1. The van der Waals surface area contributed by atoms with Crippen molar-refractivity contribution < 1.29 is 27.9 Å². The molecule has 0 saturated carbocycles. The normalized spacial score (nSPS) is 15.7. The van der Waals surface area contributed by atoms with Crippen LogP contribution in [0, 0.1) is 6.92 Å². The lowest BCUT2D eigenvalue weighted by Gasteiger charge is -2.39. The molecule has 0 spiro atoms. The van der Waals surface area contributed by atoms with E-state index in [-0.39, 0.29) is 39.7 Å². The van der Waals surface area contributed by atoms with Gasteiger partial charge in [-0.1, -0.05) is 6.07 Å². The molecule has 1 amide bonds. The number of benzene rings is 1. The topological polar surface area (TPSA) is 71.8 Å². The molecule has 0 aliphatic carbocycles. The fourth-order valence-electron chi connectivity index (χ4n) is 3.38. The van der Waals surface area contributed by atoms with Crippen molar-refractivity contribution in [3.63, 3.8) is 0 Å². The molecule has 1 aromatic heterocycles. The highest BCUT2D eigenvalue weighted by Crippen LogP contribution is 2.46. The summed E-state index contributed by atoms with van der Waals surface area (Å²) in [4.78, 5) is 23.8. The maximum atomic E-state index is 13.5. The monoisotopic (exact) mass is 394 g/mol. The van der Waals surface area contributed by atoms with Crippen molar-refractivity contribution in [2.24, 2.45) is 0 Å². The van der Waals surface area contributed by atoms with Crippen molar-refractivity contribution in [3.8, 4) is 5.75 Å². The first-order chi connectivity index (χ1) is 13.0. The zero-order valence-corrected chi connectivity index (χ0v) is 15.2. The van der Waals surface area contributed by atoms with Crippen LogP contribution in [0.5, 0.6) is 5.75 Å². The van der Waals surface area contributed by atoms with Gasteiger partial charge in [0.2, 0.25) is 6.41 Å². The van der Waals surface area contributed by atoms with Gasteiger partial charge < -0.3 is 4.74 Å². The lowest BCUT2D eigenvalue weighted by Crippen LogP contribution is -2.44. The molecule has 0 atom stereocenters. The number of fused-ring (bicyclic) bond motifs is 1. The highest BCUT2D eigenvalue weighted by Gasteiger charge is 2.42. The van der Waals surface area contributed by atoms with Crippen molar-refractivity contribution in [3.05, 3.63) is 69.3 Å². The summed E-state index contributed by atoms with van der Waals surface area (Å²) >= 11 is 0. The number of hydrogen-bond acceptors (Lipinski definition) is 4. The number of carbonyl (C=O) groups is 1. The Balaban J connectivity index is 2.51. The minimum absolute atomic E-state index is 0.0293. The van der Waals surface area contributed by atoms with E-state index in [2.05, 4.69) is 0 Å². The van der Waals surface area contributed by atoms with E-state index in [0.717, 1.165) is 10.6 Å². The summed E-state index contributed by atoms with van der Waals surface area (Å²) in [7, 11) is 0. The quantitative estimate of drug-likeness (QED) is 0.492. The van der Waals surface area contributed by atoms with Gasteiger partial charge in [0.15, 0.2) is 0 Å². The van der Waals surface area contributed by atoms with Gasteiger partial charge in [0.05, 0.1) is 11.3 Å². The molecule has 0 saturated heterocycles. The van der Waals surface area contributed by atoms with Crippen LogP contribution >= 0.6 is 0 Å². The Hall–Kier alpha value is -3.07. The predicted octanol–water partition coefficient (Wildman–Crippen LogP) is 3.41. The molecule has 0 fully saturated rings. The number of hydrogen-bond donors (Lipinski definition) is 1. The Morgan fingerprint density at radius 1 is 1.21 bits per heavy atom. The minimum atomic E-state index is -4.64. The molecule has 3 rings (SSSR count). The van der Waals surface area contributed by atoms with Gasteiger partial charge >= 0.3 is 6.18 Å². The lowest BCUT2D eigenvalue weighted by atomic mass is 9.90. The molecule has 148 valence electrons. The van der Waals surface area contributed by atoms with Crippen molar-refractivity contribution >= 4 is 12.1 Å². The summed E-state index contributed by atoms with van der Waals surface area (Å²) in [5.41, 5.74) is -3.22. The molecule has 0 unspecified atom stereocenters. The van der Waals surface area contributed by atoms with Gasteiger partial charge in [-0.25, -0.2) is 0 Å². The first-order valence-corrected chi connectivity index (χ1v) is 8.25. The van der Waals surface area contributed by atoms with Crippen molar-refractivity contribution in [2.75, 3.05) is 0 Å². The molecular weight excluding hydrogens is 377 g/mol. The fourth-order valence-corrected chi connectivity index (χ4v) is 3.38. The average Bonchev–Trinajstić information content (AvgIpc) is 2.59. The number of hydroxylamine groups is 2. The first-order valence-electron chi connectivity index (χ1n) is 8.25. The maximum Gasteiger partial charge on any atom is 0.416 e. The van der Waals surface area contributed by atoms with E-state index in [9.17, 15) is 28.0 Å². The summed E-state index contributed by atoms with van der Waals surface area (Å²) < 4.78 is 47.3. The van der Waals surface area contributed by atoms with Crippen LogP contribution < -0.4 is 10.3 Å². The SMILES string of the molecule is Cc1c(C(F)(F)F)ccc2c1C(n1ccccc1=O)=C(N(O)C=O)C(C)(C)O2. The van der Waals surface area contributed by atoms with Crippen molar-refractivity contribution in [1.29, 1.82) is 0 Å². The van der Waals surface area contributed by atoms with Gasteiger partial charge in [0.25, 0.3) is 5.56 Å². The number of alkyl halides is 3. The fraction of sp³-hybridized carbons (Fsp3) is 0.263. The molecule has 2 aromatic rings. The highest BCUT2D eigenvalue weighted by molar-refractivity contribution is 5.80. The van der Waals surface area contributed by atoms with Gasteiger partial charge in [-0.05, 0) is 44.5 Å². The lowest BCUT2D eigenvalue weighted by molar-refractivity contribution is -0.146. The van der Waals surface area contributed by atoms with Crippen LogP contribution in [0.1, 0.15) is 30.5 Å². The van der Waals surface area contributed by atoms with E-state index in [1.807, 2.05) is 0 Å². The van der Waals surface area contributed by atoms with E-state index in [0.29, 0.717) is 0 Å². The molecule has 9 heteroatoms. The van der Waals surface area contributed by atoms with Crippen molar-refractivity contribution in [2.45, 2.75) is 32.5 Å². The second-order valence-corrected chi connectivity index (χ2v) is 6.78. The van der Waals surface area contributed by atoms with Crippen LogP contribution in [-0.2, 0) is 11.0 Å². The molecule has 2 heterocycles. The Labute approximate surface area is 158 Å². The second kappa shape index (κ2) is 6.52. The largest absolute Gasteiger partial charge is 0.481 e. The number of nitrogens with zero attached hydrogens (tertiary/aromatic N) is 2. The van der Waals surface area contributed by atoms with Crippen LogP contribution in [0.4, 0.5) is 13.2 Å². The van der Waals surface area contributed by atoms with Crippen LogP contribution in [0.3, 0.4) is 0 Å². The first kappa shape index (κ1) is 19.7. The number of pyridine rings is 1. The molecule has 1 aromatic carbocycles. The second-order valence-electron chi connectivity index (χ2n) is 6.78. The number of amides is 1. The number of ether oxygens (including phenoxy) is 1. The number of carbonyl (C=O) groups excluding carboxylic acids is 1. The summed E-state index contributed by atoms with van der Waals surface area (Å²) in [5, 5.41) is 10.4. The van der Waals surface area contributed by atoms with Gasteiger partial charge in [-0.3, -0.25) is 19.4 Å². The number of halogens is 3. The molecular formula is C19H17F3N2O4. The van der Waals surface area contributed by atoms with Gasteiger partial charge in [-0.15, -0.1) is 0 Å². The van der Waals surface area contributed by atoms with Gasteiger partial charge in [-0.2, -0.15) is 18.2 Å². The maximum absolute atomic E-state index is 13.5. The summed E-state index contributed by atoms with van der Waals surface area (Å²) in [6.07, 6.45) is -3.20. The van der Waals surface area contributed by atoms with E-state index < -0.39 is 22.9 Å². The third-order valence-corrected chi connectivity index (χ3v) is 4.52. The molecule has 6 nitrogen and oxygen atoms in total. The van der Waals surface area contributed by atoms with Gasteiger partial charge in [0.1, 0.15) is 17.0 Å². The zero-order valence-electron chi connectivity index (χ0n) is 15.2. The van der Waals surface area contributed by atoms with Gasteiger partial charge in [0, 0.05) is 17.8 Å². The zero-order chi connectivity index (χ0) is 20.9. The van der Waals surface area contributed by atoms with E-state index in [1.165, 1.54) is 51.2 Å². The Bertz CT molecular complexity index is 1040. The van der Waals surface area contributed by atoms with E-state index in [1.54, 1.807) is 0 Å². The third kappa shape index (κ3) is 3.07. The minimum Gasteiger partial charge on any atom is -0.481 e. The molecule has 28 heavy (non-hydrogen) atoms. The van der Waals surface area contributed by atoms with Crippen LogP contribution in [0.15, 0.2) is 47.0 Å². The highest BCUT2D eigenvalue weighted by atomic mass is 19.4. The predicted molar refractivity (Wildman–Crippen MR) is 93.6 cm³/mol. The summed E-state index contributed by atoms with van der Waals surface area (Å²) in [6, 6.07) is 6.27.